The number of hydrogen-bond acceptors (Lipinski definition) is 9. The third kappa shape index (κ3) is 4.23. The van der Waals surface area contributed by atoms with Crippen molar-refractivity contribution >= 4 is 46.3 Å². The Labute approximate surface area is 171 Å². The molecule has 2 aromatic rings. The Morgan fingerprint density at radius 3 is 2.14 bits per heavy atom. The number of H-pyrrole nitrogens is 1. The normalized spacial score (nSPS) is 32.6. The van der Waals surface area contributed by atoms with Crippen molar-refractivity contribution in [1.29, 1.82) is 0 Å². The molecule has 1 aliphatic rings. The molecule has 1 saturated carbocycles. The summed E-state index contributed by atoms with van der Waals surface area (Å²) in [5, 5.41) is 49.2. The molecule has 0 amide bonds. The van der Waals surface area contributed by atoms with E-state index in [4.69, 9.17) is 20.6 Å². The van der Waals surface area contributed by atoms with Crippen molar-refractivity contribution < 1.29 is 44.0 Å². The van der Waals surface area contributed by atoms with Crippen molar-refractivity contribution in [2.45, 2.75) is 36.6 Å². The molecule has 10 N–H and O–H groups in total. The molecular weight excluding hydrogens is 486 g/mol. The number of phosphoric acid groups is 1. The molecule has 0 saturated heterocycles. The molecule has 1 aliphatic carbocycles. The summed E-state index contributed by atoms with van der Waals surface area (Å²) in [7, 11) is -4.95. The molecule has 3 rings (SSSR count). The summed E-state index contributed by atoms with van der Waals surface area (Å²) in [4.78, 5) is 12.8. The van der Waals surface area contributed by atoms with Crippen molar-refractivity contribution in [2.75, 3.05) is 0 Å². The number of aliphatic hydroxyl groups excluding tert-OH is 5. The number of hydrogen-bond donors (Lipinski definition) is 8. The van der Waals surface area contributed by atoms with Gasteiger partial charge in [-0.05, 0) is 28.1 Å². The Balaban J connectivity index is 0.00000280. The van der Waals surface area contributed by atoms with Gasteiger partial charge in [-0.1, -0.05) is 11.6 Å². The number of fused-ring (bicyclic) bond motifs is 1. The van der Waals surface area contributed by atoms with Gasteiger partial charge in [0.15, 0.2) is 5.75 Å². The van der Waals surface area contributed by atoms with Crippen LogP contribution in [0.25, 0.3) is 10.9 Å². The lowest BCUT2D eigenvalue weighted by molar-refractivity contribution is -0.219. The number of aliphatic hydroxyl groups is 5. The Bertz CT molecular complexity index is 883. The number of nitrogens with one attached hydrogen (secondary N) is 1. The number of benzene rings is 1. The van der Waals surface area contributed by atoms with Gasteiger partial charge >= 0.3 is 7.82 Å². The van der Waals surface area contributed by atoms with Gasteiger partial charge in [0.2, 0.25) is 0 Å². The van der Waals surface area contributed by atoms with Crippen molar-refractivity contribution in [3.63, 3.8) is 0 Å². The first-order valence-electron chi connectivity index (χ1n) is 7.59. The first-order valence-corrected chi connectivity index (χ1v) is 10.3. The maximum Gasteiger partial charge on any atom is 0.527 e. The minimum absolute atomic E-state index is 0. The highest BCUT2D eigenvalue weighted by atomic mass is 79.9. The minimum Gasteiger partial charge on any atom is -0.402 e. The van der Waals surface area contributed by atoms with E-state index in [1.807, 2.05) is 0 Å². The van der Waals surface area contributed by atoms with Gasteiger partial charge in [-0.15, -0.1) is 0 Å². The zero-order chi connectivity index (χ0) is 20.1. The molecule has 158 valence electrons. The lowest BCUT2D eigenvalue weighted by atomic mass is 9.85. The highest BCUT2D eigenvalue weighted by Gasteiger charge is 2.51. The number of rotatable bonds is 4. The van der Waals surface area contributed by atoms with E-state index in [9.17, 15) is 35.0 Å². The maximum atomic E-state index is 12.4. The summed E-state index contributed by atoms with van der Waals surface area (Å²) in [6, 6.07) is 3.30. The van der Waals surface area contributed by atoms with Crippen molar-refractivity contribution in [1.82, 2.24) is 11.1 Å². The lowest BCUT2D eigenvalue weighted by Gasteiger charge is -2.41. The molecule has 0 radical (unpaired) electrons. The molecule has 28 heavy (non-hydrogen) atoms. The van der Waals surface area contributed by atoms with Crippen molar-refractivity contribution in [2.24, 2.45) is 0 Å². The van der Waals surface area contributed by atoms with Gasteiger partial charge in [0.25, 0.3) is 0 Å². The number of phosphoric ester groups is 1. The maximum absolute atomic E-state index is 12.4. The lowest BCUT2D eigenvalue weighted by Crippen LogP contribution is -2.64. The van der Waals surface area contributed by atoms with E-state index in [-0.39, 0.29) is 22.3 Å². The van der Waals surface area contributed by atoms with Crippen LogP contribution in [-0.2, 0) is 9.09 Å². The summed E-state index contributed by atoms with van der Waals surface area (Å²) in [6.07, 6.45) is -10.2. The Morgan fingerprint density at radius 2 is 1.57 bits per heavy atom. The minimum atomic E-state index is -4.95. The average molecular weight is 506 g/mol. The third-order valence-electron chi connectivity index (χ3n) is 4.24. The Morgan fingerprint density at radius 1 is 1.04 bits per heavy atom. The van der Waals surface area contributed by atoms with E-state index >= 15 is 0 Å². The van der Waals surface area contributed by atoms with Crippen LogP contribution in [0, 0.1) is 0 Å². The summed E-state index contributed by atoms with van der Waals surface area (Å²) >= 11 is 9.38. The SMILES string of the molecule is N.O=P(O)(Oc1c[nH]c2ccc(Br)c(Cl)c12)OC1[C@@H](O)[C@H](O)C(O)[C@H](O)[C@@H]1O. The predicted octanol–water partition coefficient (Wildman–Crippen LogP) is 0.428. The van der Waals surface area contributed by atoms with Gasteiger partial charge in [0, 0.05) is 10.7 Å². The van der Waals surface area contributed by atoms with Crippen molar-refractivity contribution in [3.8, 4) is 5.75 Å². The fraction of sp³-hybridized carbons (Fsp3) is 0.429. The van der Waals surface area contributed by atoms with E-state index in [2.05, 4.69) is 20.9 Å². The monoisotopic (exact) mass is 504 g/mol. The molecule has 3 unspecified atom stereocenters. The molecule has 0 bridgehead atoms. The zero-order valence-corrected chi connectivity index (χ0v) is 17.3. The van der Waals surface area contributed by atoms with Crippen LogP contribution < -0.4 is 10.7 Å². The smallest absolute Gasteiger partial charge is 0.402 e. The van der Waals surface area contributed by atoms with E-state index < -0.39 is 44.4 Å². The fourth-order valence-electron chi connectivity index (χ4n) is 2.82. The van der Waals surface area contributed by atoms with E-state index in [0.717, 1.165) is 0 Å². The summed E-state index contributed by atoms with van der Waals surface area (Å²) in [5.74, 6) is -0.136. The first kappa shape index (κ1) is 23.5. The average Bonchev–Trinajstić information content (AvgIpc) is 3.01. The van der Waals surface area contributed by atoms with Crippen LogP contribution in [0.3, 0.4) is 0 Å². The highest BCUT2D eigenvalue weighted by molar-refractivity contribution is 9.10. The van der Waals surface area contributed by atoms with Crippen LogP contribution in [0.15, 0.2) is 22.8 Å². The van der Waals surface area contributed by atoms with Crippen molar-refractivity contribution in [3.05, 3.63) is 27.8 Å². The molecule has 0 spiro atoms. The molecule has 14 heteroatoms. The quantitative estimate of drug-likeness (QED) is 0.269. The van der Waals surface area contributed by atoms with Gasteiger partial charge in [0.1, 0.15) is 36.6 Å². The molecule has 1 aromatic carbocycles. The molecular formula is C14H19BrClN2O9P. The van der Waals surface area contributed by atoms with Gasteiger partial charge < -0.3 is 41.2 Å². The predicted molar refractivity (Wildman–Crippen MR) is 101 cm³/mol. The van der Waals surface area contributed by atoms with Crippen LogP contribution in [0.2, 0.25) is 5.02 Å². The van der Waals surface area contributed by atoms with Crippen LogP contribution in [0.1, 0.15) is 0 Å². The fourth-order valence-corrected chi connectivity index (χ4v) is 4.40. The summed E-state index contributed by atoms with van der Waals surface area (Å²) in [5.41, 5.74) is 0.505. The van der Waals surface area contributed by atoms with E-state index in [1.54, 1.807) is 12.1 Å². The van der Waals surface area contributed by atoms with Crippen LogP contribution in [-0.4, -0.2) is 72.0 Å². The van der Waals surface area contributed by atoms with Crippen LogP contribution in [0.4, 0.5) is 0 Å². The molecule has 11 nitrogen and oxygen atoms in total. The zero-order valence-electron chi connectivity index (χ0n) is 14.0. The molecule has 0 aliphatic heterocycles. The second-order valence-corrected chi connectivity index (χ2v) is 8.58. The largest absolute Gasteiger partial charge is 0.527 e. The number of aromatic nitrogens is 1. The Kier molecular flexibility index (Phi) is 7.17. The first-order chi connectivity index (χ1) is 12.5. The van der Waals surface area contributed by atoms with Gasteiger partial charge in [0.05, 0.1) is 15.9 Å². The standard InChI is InChI=1S/C14H16BrClNO9P.H3N/c15-4-1-2-5-7(8(4)16)6(3-17-5)25-27(23,24)26-14-12(21)10(19)9(18)11(20)13(14)22;/h1-3,9-14,17-22H,(H,23,24);1H3/t9?,10-,11+,12-,13-,14?;/m0./s1. The Hall–Kier alpha value is -0.760. The topological polar surface area (TPSA) is 208 Å². The highest BCUT2D eigenvalue weighted by Crippen LogP contribution is 2.50. The van der Waals surface area contributed by atoms with Crippen LogP contribution in [0.5, 0.6) is 5.75 Å². The summed E-state index contributed by atoms with van der Waals surface area (Å²) in [6.45, 7) is 0. The van der Waals surface area contributed by atoms with Gasteiger partial charge in [-0.25, -0.2) is 4.57 Å². The summed E-state index contributed by atoms with van der Waals surface area (Å²) < 4.78 is 22.6. The second-order valence-electron chi connectivity index (χ2n) is 6.02. The number of aromatic amines is 1. The second kappa shape index (κ2) is 8.54. The molecule has 1 aromatic heterocycles. The number of halogens is 2. The van der Waals surface area contributed by atoms with Crippen LogP contribution >= 0.6 is 35.4 Å². The molecule has 1 fully saturated rings. The van der Waals surface area contributed by atoms with E-state index in [0.29, 0.717) is 9.99 Å². The molecule has 7 atom stereocenters. The van der Waals surface area contributed by atoms with E-state index in [1.165, 1.54) is 6.20 Å². The van der Waals surface area contributed by atoms with Gasteiger partial charge in [-0.3, -0.25) is 9.42 Å². The third-order valence-corrected chi connectivity index (χ3v) is 6.46. The van der Waals surface area contributed by atoms with Gasteiger partial charge in [-0.2, -0.15) is 0 Å². The molecule has 1 heterocycles.